The molecular formula is C22H12Cl2N2O5S. The van der Waals surface area contributed by atoms with E-state index in [9.17, 15) is 14.4 Å². The van der Waals surface area contributed by atoms with Gasteiger partial charge in [0.05, 0.1) is 11.3 Å². The van der Waals surface area contributed by atoms with Crippen molar-refractivity contribution in [3.05, 3.63) is 81.5 Å². The summed E-state index contributed by atoms with van der Waals surface area (Å²) in [6.07, 6.45) is 1.30. The van der Waals surface area contributed by atoms with Crippen LogP contribution in [0.2, 0.25) is 10.0 Å². The second-order valence-corrected chi connectivity index (χ2v) is 7.93. The maximum Gasteiger partial charge on any atom is 0.335 e. The summed E-state index contributed by atoms with van der Waals surface area (Å²) in [7, 11) is 0. The van der Waals surface area contributed by atoms with Gasteiger partial charge in [-0.05, 0) is 60.8 Å². The first-order valence-electron chi connectivity index (χ1n) is 9.04. The van der Waals surface area contributed by atoms with Crippen LogP contribution in [-0.2, 0) is 9.59 Å². The highest BCUT2D eigenvalue weighted by Crippen LogP contribution is 2.29. The number of aromatic carboxylic acids is 1. The highest BCUT2D eigenvalue weighted by atomic mass is 35.5. The summed E-state index contributed by atoms with van der Waals surface area (Å²) in [5.41, 5.74) is 0.888. The van der Waals surface area contributed by atoms with Crippen LogP contribution in [0.1, 0.15) is 16.1 Å². The van der Waals surface area contributed by atoms with Gasteiger partial charge >= 0.3 is 5.97 Å². The molecule has 0 radical (unpaired) electrons. The van der Waals surface area contributed by atoms with E-state index < -0.39 is 17.8 Å². The number of furan rings is 1. The van der Waals surface area contributed by atoms with Crippen molar-refractivity contribution in [1.82, 2.24) is 5.32 Å². The molecule has 0 atom stereocenters. The monoisotopic (exact) mass is 486 g/mol. The van der Waals surface area contributed by atoms with Crippen LogP contribution in [0.15, 0.2) is 64.6 Å². The lowest BCUT2D eigenvalue weighted by Crippen LogP contribution is -2.54. The van der Waals surface area contributed by atoms with E-state index in [1.54, 1.807) is 24.3 Å². The third-order valence-electron chi connectivity index (χ3n) is 4.54. The van der Waals surface area contributed by atoms with E-state index in [-0.39, 0.29) is 22.0 Å². The Morgan fingerprint density at radius 3 is 2.31 bits per heavy atom. The lowest BCUT2D eigenvalue weighted by atomic mass is 10.1. The summed E-state index contributed by atoms with van der Waals surface area (Å²) < 4.78 is 5.73. The molecule has 10 heteroatoms. The molecule has 0 spiro atoms. The predicted molar refractivity (Wildman–Crippen MR) is 124 cm³/mol. The minimum Gasteiger partial charge on any atom is -0.478 e. The summed E-state index contributed by atoms with van der Waals surface area (Å²) in [5, 5.41) is 12.0. The molecule has 1 aromatic heterocycles. The number of benzene rings is 2. The van der Waals surface area contributed by atoms with Gasteiger partial charge in [-0.2, -0.15) is 0 Å². The van der Waals surface area contributed by atoms with Crippen LogP contribution in [0, 0.1) is 0 Å². The molecule has 2 aromatic carbocycles. The van der Waals surface area contributed by atoms with Gasteiger partial charge in [0.25, 0.3) is 11.8 Å². The first-order valence-corrected chi connectivity index (χ1v) is 10.2. The zero-order valence-electron chi connectivity index (χ0n) is 16.0. The fourth-order valence-corrected chi connectivity index (χ4v) is 3.86. The van der Waals surface area contributed by atoms with Gasteiger partial charge in [0.1, 0.15) is 17.1 Å². The van der Waals surface area contributed by atoms with Crippen LogP contribution in [0.25, 0.3) is 17.4 Å². The molecule has 160 valence electrons. The average Bonchev–Trinajstić information content (AvgIpc) is 3.19. The number of halogens is 2. The van der Waals surface area contributed by atoms with E-state index in [1.165, 1.54) is 36.4 Å². The summed E-state index contributed by atoms with van der Waals surface area (Å²) in [6.45, 7) is 0. The van der Waals surface area contributed by atoms with Gasteiger partial charge in [-0.3, -0.25) is 19.8 Å². The minimum atomic E-state index is -1.04. The molecule has 1 saturated heterocycles. The first-order chi connectivity index (χ1) is 15.2. The molecule has 1 fully saturated rings. The maximum absolute atomic E-state index is 13.1. The number of carbonyl (C=O) groups is 3. The van der Waals surface area contributed by atoms with Crippen molar-refractivity contribution in [3.8, 4) is 11.3 Å². The molecule has 2 amide bonds. The van der Waals surface area contributed by atoms with Gasteiger partial charge in [0, 0.05) is 15.6 Å². The molecule has 0 saturated carbocycles. The molecule has 2 heterocycles. The molecule has 0 aliphatic carbocycles. The number of anilines is 1. The summed E-state index contributed by atoms with van der Waals surface area (Å²) >= 11 is 17.2. The number of carboxylic acid groups (broad SMARTS) is 1. The number of amides is 2. The van der Waals surface area contributed by atoms with E-state index in [1.807, 2.05) is 0 Å². The largest absolute Gasteiger partial charge is 0.478 e. The van der Waals surface area contributed by atoms with Crippen molar-refractivity contribution in [2.75, 3.05) is 4.90 Å². The molecular weight excluding hydrogens is 475 g/mol. The van der Waals surface area contributed by atoms with E-state index >= 15 is 0 Å². The Balaban J connectivity index is 1.66. The Kier molecular flexibility index (Phi) is 5.84. The normalized spacial score (nSPS) is 15.2. The number of carboxylic acids is 1. The second kappa shape index (κ2) is 8.58. The third kappa shape index (κ3) is 4.29. The molecule has 0 unspecified atom stereocenters. The Labute approximate surface area is 196 Å². The Hall–Kier alpha value is -3.46. The average molecular weight is 487 g/mol. The minimum absolute atomic E-state index is 0.103. The van der Waals surface area contributed by atoms with Gasteiger partial charge in [-0.25, -0.2) is 4.79 Å². The Morgan fingerprint density at radius 2 is 1.69 bits per heavy atom. The number of rotatable bonds is 4. The zero-order valence-corrected chi connectivity index (χ0v) is 18.3. The lowest BCUT2D eigenvalue weighted by molar-refractivity contribution is -0.122. The van der Waals surface area contributed by atoms with Gasteiger partial charge in [-0.1, -0.05) is 35.3 Å². The van der Waals surface area contributed by atoms with Crippen LogP contribution in [0.4, 0.5) is 5.69 Å². The number of hydrogen-bond donors (Lipinski definition) is 2. The quantitative estimate of drug-likeness (QED) is 0.312. The van der Waals surface area contributed by atoms with Crippen molar-refractivity contribution in [2.24, 2.45) is 0 Å². The topological polar surface area (TPSA) is 99.9 Å². The first kappa shape index (κ1) is 21.8. The maximum atomic E-state index is 13.1. The predicted octanol–water partition coefficient (Wildman–Crippen LogP) is 4.78. The molecule has 3 aromatic rings. The SMILES string of the molecule is O=C1NC(=S)N(c2cc(Cl)cc(Cl)c2)C(=O)C1=Cc1ccc(-c2ccc(C(=O)O)cc2)o1. The molecule has 4 rings (SSSR count). The summed E-state index contributed by atoms with van der Waals surface area (Å²) in [5.74, 6) is -1.69. The van der Waals surface area contributed by atoms with Crippen molar-refractivity contribution < 1.29 is 23.9 Å². The molecule has 32 heavy (non-hydrogen) atoms. The van der Waals surface area contributed by atoms with Crippen LogP contribution >= 0.6 is 35.4 Å². The van der Waals surface area contributed by atoms with Gasteiger partial charge in [-0.15, -0.1) is 0 Å². The van der Waals surface area contributed by atoms with Crippen molar-refractivity contribution >= 4 is 70.1 Å². The molecule has 1 aliphatic heterocycles. The van der Waals surface area contributed by atoms with E-state index in [4.69, 9.17) is 44.9 Å². The number of nitrogens with one attached hydrogen (secondary N) is 1. The second-order valence-electron chi connectivity index (χ2n) is 6.67. The van der Waals surface area contributed by atoms with Crippen molar-refractivity contribution in [3.63, 3.8) is 0 Å². The van der Waals surface area contributed by atoms with Crippen molar-refractivity contribution in [2.45, 2.75) is 0 Å². The van der Waals surface area contributed by atoms with Crippen LogP contribution < -0.4 is 10.2 Å². The smallest absolute Gasteiger partial charge is 0.335 e. The molecule has 7 nitrogen and oxygen atoms in total. The van der Waals surface area contributed by atoms with E-state index in [0.29, 0.717) is 27.1 Å². The highest BCUT2D eigenvalue weighted by molar-refractivity contribution is 7.80. The fraction of sp³-hybridized carbons (Fsp3) is 0. The van der Waals surface area contributed by atoms with Gasteiger partial charge in [0.2, 0.25) is 0 Å². The molecule has 2 N–H and O–H groups in total. The number of carbonyl (C=O) groups excluding carboxylic acids is 2. The number of nitrogens with zero attached hydrogens (tertiary/aromatic N) is 1. The van der Waals surface area contributed by atoms with Gasteiger partial charge < -0.3 is 9.52 Å². The Morgan fingerprint density at radius 1 is 1.03 bits per heavy atom. The van der Waals surface area contributed by atoms with Crippen LogP contribution in [0.3, 0.4) is 0 Å². The number of thiocarbonyl (C=S) groups is 1. The van der Waals surface area contributed by atoms with Gasteiger partial charge in [0.15, 0.2) is 5.11 Å². The number of hydrogen-bond acceptors (Lipinski definition) is 5. The van der Waals surface area contributed by atoms with E-state index in [0.717, 1.165) is 4.90 Å². The van der Waals surface area contributed by atoms with Crippen LogP contribution in [-0.4, -0.2) is 28.0 Å². The highest BCUT2D eigenvalue weighted by Gasteiger charge is 2.35. The van der Waals surface area contributed by atoms with Crippen molar-refractivity contribution in [1.29, 1.82) is 0 Å². The summed E-state index contributed by atoms with van der Waals surface area (Å²) in [6, 6.07) is 13.8. The molecule has 0 bridgehead atoms. The Bertz CT molecular complexity index is 1290. The van der Waals surface area contributed by atoms with Crippen LogP contribution in [0.5, 0.6) is 0 Å². The lowest BCUT2D eigenvalue weighted by Gasteiger charge is -2.29. The molecule has 1 aliphatic rings. The summed E-state index contributed by atoms with van der Waals surface area (Å²) in [4.78, 5) is 37.6. The fourth-order valence-electron chi connectivity index (χ4n) is 3.07. The zero-order chi connectivity index (χ0) is 23.0. The standard InChI is InChI=1S/C22H12Cl2N2O5S/c23-13-7-14(24)9-15(8-13)26-20(28)17(19(27)25-22(26)32)10-16-5-6-18(31-16)11-1-3-12(4-2-11)21(29)30/h1-10H,(H,29,30)(H,25,27,32). The third-order valence-corrected chi connectivity index (χ3v) is 5.26. The van der Waals surface area contributed by atoms with E-state index in [2.05, 4.69) is 5.32 Å².